The number of nitrogens with zero attached hydrogens (tertiary/aromatic N) is 2. The predicted molar refractivity (Wildman–Crippen MR) is 96.1 cm³/mol. The van der Waals surface area contributed by atoms with Gasteiger partial charge in [-0.2, -0.15) is 8.78 Å². The molecule has 1 saturated heterocycles. The van der Waals surface area contributed by atoms with E-state index in [1.807, 2.05) is 13.8 Å². The minimum Gasteiger partial charge on any atom is -0.433 e. The Labute approximate surface area is 159 Å². The summed E-state index contributed by atoms with van der Waals surface area (Å²) in [6.45, 7) is 1.44. The van der Waals surface area contributed by atoms with E-state index in [9.17, 15) is 18.4 Å². The summed E-state index contributed by atoms with van der Waals surface area (Å²) >= 11 is 5.94. The van der Waals surface area contributed by atoms with Gasteiger partial charge in [0.1, 0.15) is 11.8 Å². The van der Waals surface area contributed by atoms with Crippen LogP contribution in [0, 0.1) is 0 Å². The van der Waals surface area contributed by atoms with Crippen LogP contribution in [-0.4, -0.2) is 46.9 Å². The number of alkyl halides is 2. The third-order valence-corrected chi connectivity index (χ3v) is 4.68. The summed E-state index contributed by atoms with van der Waals surface area (Å²) in [5, 5.41) is 3.20. The normalized spacial score (nSPS) is 17.2. The zero-order valence-electron chi connectivity index (χ0n) is 14.7. The molecule has 1 N–H and O–H groups in total. The summed E-state index contributed by atoms with van der Waals surface area (Å²) in [4.78, 5) is 30.6. The summed E-state index contributed by atoms with van der Waals surface area (Å²) < 4.78 is 29.1. The van der Waals surface area contributed by atoms with Crippen LogP contribution in [-0.2, 0) is 4.79 Å². The monoisotopic (exact) mass is 397 g/mol. The lowest BCUT2D eigenvalue weighted by atomic mass is 10.1. The van der Waals surface area contributed by atoms with Crippen molar-refractivity contribution in [2.45, 2.75) is 39.0 Å². The number of nitrogens with one attached hydrogen (secondary N) is 1. The van der Waals surface area contributed by atoms with Gasteiger partial charge < -0.3 is 15.0 Å². The first-order valence-electron chi connectivity index (χ1n) is 8.41. The first-order chi connectivity index (χ1) is 12.8. The molecule has 1 aromatic heterocycles. The molecule has 0 saturated carbocycles. The van der Waals surface area contributed by atoms with Crippen LogP contribution in [0.4, 0.5) is 8.78 Å². The smallest absolute Gasteiger partial charge is 0.387 e. The van der Waals surface area contributed by atoms with Crippen LogP contribution in [0.25, 0.3) is 10.9 Å². The second kappa shape index (κ2) is 7.64. The predicted octanol–water partition coefficient (Wildman–Crippen LogP) is 3.23. The van der Waals surface area contributed by atoms with Gasteiger partial charge in [-0.3, -0.25) is 14.6 Å². The number of benzene rings is 1. The molecule has 0 aliphatic carbocycles. The first kappa shape index (κ1) is 19.3. The fourth-order valence-electron chi connectivity index (χ4n) is 3.03. The summed E-state index contributed by atoms with van der Waals surface area (Å²) in [7, 11) is 0. The van der Waals surface area contributed by atoms with Crippen LogP contribution in [0.2, 0.25) is 5.02 Å². The second-order valence-corrected chi connectivity index (χ2v) is 6.93. The number of ether oxygens (including phenoxy) is 1. The Balaban J connectivity index is 1.79. The quantitative estimate of drug-likeness (QED) is 0.840. The average molecular weight is 398 g/mol. The maximum Gasteiger partial charge on any atom is 0.387 e. The molecule has 1 atom stereocenters. The highest BCUT2D eigenvalue weighted by Crippen LogP contribution is 2.30. The van der Waals surface area contributed by atoms with Crippen LogP contribution in [0.3, 0.4) is 0 Å². The standard InChI is InChI=1S/C18H18ClF2N3O3/c1-9(2)24-4-3-13(17(24)26)23-16(25)11-5-10-6-12(19)15(27-18(20)21)7-14(10)22-8-11/h5-9,13,18H,3-4H2,1-2H3,(H,23,25). The summed E-state index contributed by atoms with van der Waals surface area (Å²) in [6.07, 6.45) is 1.86. The molecule has 1 fully saturated rings. The van der Waals surface area contributed by atoms with Crippen molar-refractivity contribution in [2.24, 2.45) is 0 Å². The van der Waals surface area contributed by atoms with Gasteiger partial charge in [-0.15, -0.1) is 0 Å². The Morgan fingerprint density at radius 2 is 2.11 bits per heavy atom. The highest BCUT2D eigenvalue weighted by Gasteiger charge is 2.34. The van der Waals surface area contributed by atoms with Crippen molar-refractivity contribution in [3.05, 3.63) is 35.0 Å². The lowest BCUT2D eigenvalue weighted by Gasteiger charge is -2.21. The highest BCUT2D eigenvalue weighted by molar-refractivity contribution is 6.32. The number of hydrogen-bond donors (Lipinski definition) is 1. The SMILES string of the molecule is CC(C)N1CCC(NC(=O)c2cnc3cc(OC(F)F)c(Cl)cc3c2)C1=O. The Morgan fingerprint density at radius 3 is 2.74 bits per heavy atom. The summed E-state index contributed by atoms with van der Waals surface area (Å²) in [6, 6.07) is 3.73. The molecule has 3 rings (SSSR count). The van der Waals surface area contributed by atoms with Gasteiger partial charge >= 0.3 is 6.61 Å². The van der Waals surface area contributed by atoms with E-state index in [0.29, 0.717) is 23.9 Å². The van der Waals surface area contributed by atoms with Crippen molar-refractivity contribution in [3.8, 4) is 5.75 Å². The van der Waals surface area contributed by atoms with Gasteiger partial charge in [-0.1, -0.05) is 11.6 Å². The number of hydrogen-bond acceptors (Lipinski definition) is 4. The number of halogens is 3. The van der Waals surface area contributed by atoms with Crippen LogP contribution < -0.4 is 10.1 Å². The molecule has 0 radical (unpaired) electrons. The second-order valence-electron chi connectivity index (χ2n) is 6.52. The topological polar surface area (TPSA) is 71.5 Å². The Kier molecular flexibility index (Phi) is 5.46. The molecule has 144 valence electrons. The maximum atomic E-state index is 12.5. The molecule has 2 amide bonds. The molecular formula is C18H18ClF2N3O3. The molecule has 0 bridgehead atoms. The lowest BCUT2D eigenvalue weighted by Crippen LogP contribution is -2.43. The van der Waals surface area contributed by atoms with E-state index in [2.05, 4.69) is 15.0 Å². The van der Waals surface area contributed by atoms with E-state index < -0.39 is 18.6 Å². The molecule has 2 aromatic rings. The molecule has 1 aliphatic rings. The Hall–Kier alpha value is -2.48. The van der Waals surface area contributed by atoms with E-state index in [1.54, 1.807) is 4.90 Å². The molecule has 1 aromatic carbocycles. The number of carbonyl (C=O) groups excluding carboxylic acids is 2. The minimum absolute atomic E-state index is 0.0132. The van der Waals surface area contributed by atoms with Crippen LogP contribution in [0.5, 0.6) is 5.75 Å². The molecule has 1 unspecified atom stereocenters. The molecule has 9 heteroatoms. The number of carbonyl (C=O) groups is 2. The van der Waals surface area contributed by atoms with E-state index in [0.717, 1.165) is 0 Å². The number of pyridine rings is 1. The third kappa shape index (κ3) is 4.10. The molecule has 0 spiro atoms. The largest absolute Gasteiger partial charge is 0.433 e. The molecule has 6 nitrogen and oxygen atoms in total. The molecular weight excluding hydrogens is 380 g/mol. The molecule has 27 heavy (non-hydrogen) atoms. The van der Waals surface area contributed by atoms with Gasteiger partial charge in [0.25, 0.3) is 5.91 Å². The van der Waals surface area contributed by atoms with Crippen LogP contribution in [0.15, 0.2) is 24.4 Å². The van der Waals surface area contributed by atoms with Gasteiger partial charge in [-0.05, 0) is 32.4 Å². The fourth-order valence-corrected chi connectivity index (χ4v) is 3.25. The average Bonchev–Trinajstić information content (AvgIpc) is 2.95. The first-order valence-corrected chi connectivity index (χ1v) is 8.79. The number of aromatic nitrogens is 1. The summed E-state index contributed by atoms with van der Waals surface area (Å²) in [5.74, 6) is -0.726. The van der Waals surface area contributed by atoms with E-state index in [4.69, 9.17) is 11.6 Å². The van der Waals surface area contributed by atoms with Gasteiger partial charge in [0.15, 0.2) is 0 Å². The highest BCUT2D eigenvalue weighted by atomic mass is 35.5. The van der Waals surface area contributed by atoms with Crippen molar-refractivity contribution in [2.75, 3.05) is 6.54 Å². The zero-order valence-corrected chi connectivity index (χ0v) is 15.5. The van der Waals surface area contributed by atoms with Crippen LogP contribution in [0.1, 0.15) is 30.6 Å². The van der Waals surface area contributed by atoms with Crippen LogP contribution >= 0.6 is 11.6 Å². The van der Waals surface area contributed by atoms with Crippen molar-refractivity contribution in [1.29, 1.82) is 0 Å². The molecule has 2 heterocycles. The van der Waals surface area contributed by atoms with E-state index >= 15 is 0 Å². The van der Waals surface area contributed by atoms with Gasteiger partial charge in [0, 0.05) is 30.2 Å². The number of likely N-dealkylation sites (tertiary alicyclic amines) is 1. The number of rotatable bonds is 5. The van der Waals surface area contributed by atoms with Crippen molar-refractivity contribution < 1.29 is 23.1 Å². The Morgan fingerprint density at radius 1 is 1.37 bits per heavy atom. The molecule has 1 aliphatic heterocycles. The maximum absolute atomic E-state index is 12.5. The third-order valence-electron chi connectivity index (χ3n) is 4.38. The lowest BCUT2D eigenvalue weighted by molar-refractivity contribution is -0.130. The minimum atomic E-state index is -3.00. The van der Waals surface area contributed by atoms with Gasteiger partial charge in [0.2, 0.25) is 5.91 Å². The fraction of sp³-hybridized carbons (Fsp3) is 0.389. The van der Waals surface area contributed by atoms with Gasteiger partial charge in [-0.25, -0.2) is 0 Å². The van der Waals surface area contributed by atoms with E-state index in [1.165, 1.54) is 24.4 Å². The summed E-state index contributed by atoms with van der Waals surface area (Å²) in [5.41, 5.74) is 0.603. The number of fused-ring (bicyclic) bond motifs is 1. The van der Waals surface area contributed by atoms with Crippen molar-refractivity contribution >= 4 is 34.3 Å². The van der Waals surface area contributed by atoms with Gasteiger partial charge in [0.05, 0.1) is 16.1 Å². The zero-order chi connectivity index (χ0) is 19.7. The van der Waals surface area contributed by atoms with E-state index in [-0.39, 0.29) is 28.3 Å². The number of amides is 2. The van der Waals surface area contributed by atoms with Crippen molar-refractivity contribution in [3.63, 3.8) is 0 Å². The van der Waals surface area contributed by atoms with Crippen molar-refractivity contribution in [1.82, 2.24) is 15.2 Å². The Bertz CT molecular complexity index is 892.